The maximum atomic E-state index is 14.0. The summed E-state index contributed by atoms with van der Waals surface area (Å²) in [5, 5.41) is 11.6. The van der Waals surface area contributed by atoms with Crippen molar-refractivity contribution in [3.63, 3.8) is 0 Å². The van der Waals surface area contributed by atoms with Gasteiger partial charge in [-0.15, -0.1) is 0 Å². The summed E-state index contributed by atoms with van der Waals surface area (Å²) in [5.41, 5.74) is 0.0109. The predicted octanol–water partition coefficient (Wildman–Crippen LogP) is 1.86. The lowest BCUT2D eigenvalue weighted by molar-refractivity contribution is -0.145. The van der Waals surface area contributed by atoms with Gasteiger partial charge in [0.2, 0.25) is 11.8 Å². The molecule has 0 spiro atoms. The number of likely N-dealkylation sites (tertiary alicyclic amines) is 1. The molecule has 0 aliphatic carbocycles. The van der Waals surface area contributed by atoms with Crippen LogP contribution in [0.2, 0.25) is 0 Å². The fourth-order valence-corrected chi connectivity index (χ4v) is 2.98. The monoisotopic (exact) mass is 354 g/mol. The van der Waals surface area contributed by atoms with E-state index < -0.39 is 35.5 Å². The molecule has 8 heteroatoms. The van der Waals surface area contributed by atoms with Crippen molar-refractivity contribution in [1.82, 2.24) is 10.2 Å². The van der Waals surface area contributed by atoms with Crippen LogP contribution in [-0.2, 0) is 14.4 Å². The van der Waals surface area contributed by atoms with E-state index in [0.717, 1.165) is 6.07 Å². The van der Waals surface area contributed by atoms with Gasteiger partial charge in [0.25, 0.3) is 0 Å². The Kier molecular flexibility index (Phi) is 6.06. The van der Waals surface area contributed by atoms with Gasteiger partial charge >= 0.3 is 5.97 Å². The summed E-state index contributed by atoms with van der Waals surface area (Å²) in [7, 11) is 0. The average molecular weight is 354 g/mol. The second-order valence-electron chi connectivity index (χ2n) is 6.14. The zero-order valence-electron chi connectivity index (χ0n) is 13.8. The number of amides is 2. The molecule has 2 amide bonds. The average Bonchev–Trinajstić information content (AvgIpc) is 2.54. The third kappa shape index (κ3) is 4.98. The van der Waals surface area contributed by atoms with E-state index in [9.17, 15) is 23.2 Å². The maximum Gasteiger partial charge on any atom is 0.308 e. The van der Waals surface area contributed by atoms with Crippen molar-refractivity contribution < 1.29 is 28.3 Å². The Morgan fingerprint density at radius 1 is 1.36 bits per heavy atom. The minimum Gasteiger partial charge on any atom is -0.481 e. The third-order valence-corrected chi connectivity index (χ3v) is 4.22. The first-order valence-electron chi connectivity index (χ1n) is 8.00. The SMILES string of the molecule is CC(=O)N[C@H](CC(=O)N1CCC[C@@H](C(=O)O)C1)c1ccc(F)cc1F. The number of hydrogen-bond donors (Lipinski definition) is 2. The van der Waals surface area contributed by atoms with Crippen molar-refractivity contribution in [1.29, 1.82) is 0 Å². The smallest absolute Gasteiger partial charge is 0.308 e. The van der Waals surface area contributed by atoms with E-state index in [2.05, 4.69) is 5.32 Å². The number of rotatable bonds is 5. The molecule has 136 valence electrons. The first-order valence-corrected chi connectivity index (χ1v) is 8.00. The molecule has 1 aromatic rings. The number of aliphatic carboxylic acids is 1. The maximum absolute atomic E-state index is 14.0. The second-order valence-corrected chi connectivity index (χ2v) is 6.14. The highest BCUT2D eigenvalue weighted by Crippen LogP contribution is 2.24. The van der Waals surface area contributed by atoms with E-state index in [-0.39, 0.29) is 24.4 Å². The molecule has 2 atom stereocenters. The summed E-state index contributed by atoms with van der Waals surface area (Å²) in [5.74, 6) is -4.03. The molecule has 0 unspecified atom stereocenters. The molecular formula is C17H20F2N2O4. The molecule has 1 aromatic carbocycles. The van der Waals surface area contributed by atoms with Gasteiger partial charge in [0.15, 0.2) is 0 Å². The van der Waals surface area contributed by atoms with Gasteiger partial charge in [0, 0.05) is 31.6 Å². The molecule has 1 aliphatic rings. The largest absolute Gasteiger partial charge is 0.481 e. The molecule has 1 saturated heterocycles. The quantitative estimate of drug-likeness (QED) is 0.845. The Morgan fingerprint density at radius 2 is 2.08 bits per heavy atom. The number of carboxylic acid groups (broad SMARTS) is 1. The molecule has 25 heavy (non-hydrogen) atoms. The van der Waals surface area contributed by atoms with Gasteiger partial charge in [-0.05, 0) is 18.9 Å². The molecule has 6 nitrogen and oxygen atoms in total. The number of nitrogens with one attached hydrogen (secondary N) is 1. The number of benzene rings is 1. The van der Waals surface area contributed by atoms with Gasteiger partial charge in [-0.3, -0.25) is 14.4 Å². The Morgan fingerprint density at radius 3 is 2.68 bits per heavy atom. The van der Waals surface area contributed by atoms with Gasteiger partial charge in [0.05, 0.1) is 18.4 Å². The fourth-order valence-electron chi connectivity index (χ4n) is 2.98. The van der Waals surface area contributed by atoms with E-state index in [1.165, 1.54) is 17.9 Å². The molecule has 2 N–H and O–H groups in total. The van der Waals surface area contributed by atoms with Gasteiger partial charge in [-0.2, -0.15) is 0 Å². The molecule has 2 rings (SSSR count). The molecule has 1 heterocycles. The van der Waals surface area contributed by atoms with Crippen LogP contribution in [-0.4, -0.2) is 40.9 Å². The fraction of sp³-hybridized carbons (Fsp3) is 0.471. The van der Waals surface area contributed by atoms with E-state index in [1.54, 1.807) is 0 Å². The molecule has 0 radical (unpaired) electrons. The van der Waals surface area contributed by atoms with Crippen molar-refractivity contribution in [2.45, 2.75) is 32.2 Å². The van der Waals surface area contributed by atoms with E-state index in [1.807, 2.05) is 0 Å². The summed E-state index contributed by atoms with van der Waals surface area (Å²) in [4.78, 5) is 36.4. The highest BCUT2D eigenvalue weighted by Gasteiger charge is 2.30. The first kappa shape index (κ1) is 18.8. The zero-order chi connectivity index (χ0) is 18.6. The van der Waals surface area contributed by atoms with E-state index in [4.69, 9.17) is 5.11 Å². The molecular weight excluding hydrogens is 334 g/mol. The van der Waals surface area contributed by atoms with Gasteiger partial charge in [0.1, 0.15) is 11.6 Å². The van der Waals surface area contributed by atoms with Gasteiger partial charge in [-0.1, -0.05) is 6.07 Å². The van der Waals surface area contributed by atoms with Crippen LogP contribution in [0.1, 0.15) is 37.8 Å². The molecule has 1 fully saturated rings. The van der Waals surface area contributed by atoms with Crippen molar-refractivity contribution >= 4 is 17.8 Å². The van der Waals surface area contributed by atoms with E-state index in [0.29, 0.717) is 25.5 Å². The third-order valence-electron chi connectivity index (χ3n) is 4.22. The summed E-state index contributed by atoms with van der Waals surface area (Å²) in [6.45, 7) is 1.74. The number of carboxylic acids is 1. The van der Waals surface area contributed by atoms with Crippen molar-refractivity contribution in [2.75, 3.05) is 13.1 Å². The van der Waals surface area contributed by atoms with Crippen LogP contribution in [0.15, 0.2) is 18.2 Å². The first-order chi connectivity index (χ1) is 11.8. The van der Waals surface area contributed by atoms with Crippen LogP contribution in [0.3, 0.4) is 0 Å². The van der Waals surface area contributed by atoms with Crippen LogP contribution in [0.25, 0.3) is 0 Å². The second kappa shape index (κ2) is 8.04. The van der Waals surface area contributed by atoms with Crippen LogP contribution < -0.4 is 5.32 Å². The van der Waals surface area contributed by atoms with Crippen molar-refractivity contribution in [3.05, 3.63) is 35.4 Å². The molecule has 1 aliphatic heterocycles. The summed E-state index contributed by atoms with van der Waals surface area (Å²) >= 11 is 0. The summed E-state index contributed by atoms with van der Waals surface area (Å²) in [6.07, 6.45) is 0.841. The predicted molar refractivity (Wildman–Crippen MR) is 84.5 cm³/mol. The Hall–Kier alpha value is -2.51. The number of hydrogen-bond acceptors (Lipinski definition) is 3. The minimum absolute atomic E-state index is 0.0109. The van der Waals surface area contributed by atoms with Gasteiger partial charge in [-0.25, -0.2) is 8.78 Å². The number of carbonyl (C=O) groups is 3. The Balaban J connectivity index is 2.14. The highest BCUT2D eigenvalue weighted by atomic mass is 19.1. The number of halogens is 2. The summed E-state index contributed by atoms with van der Waals surface area (Å²) in [6, 6.07) is 1.99. The Bertz CT molecular complexity index is 681. The Labute approximate surface area is 143 Å². The lowest BCUT2D eigenvalue weighted by Crippen LogP contribution is -2.43. The number of piperidine rings is 1. The minimum atomic E-state index is -0.958. The van der Waals surface area contributed by atoms with Crippen molar-refractivity contribution in [2.24, 2.45) is 5.92 Å². The molecule has 0 saturated carbocycles. The highest BCUT2D eigenvalue weighted by molar-refractivity contribution is 5.80. The van der Waals surface area contributed by atoms with Crippen molar-refractivity contribution in [3.8, 4) is 0 Å². The van der Waals surface area contributed by atoms with Crippen LogP contribution in [0.5, 0.6) is 0 Å². The van der Waals surface area contributed by atoms with Gasteiger partial charge < -0.3 is 15.3 Å². The topological polar surface area (TPSA) is 86.7 Å². The molecule has 0 aromatic heterocycles. The van der Waals surface area contributed by atoms with Crippen LogP contribution in [0, 0.1) is 17.6 Å². The molecule has 0 bridgehead atoms. The number of nitrogens with zero attached hydrogens (tertiary/aromatic N) is 1. The zero-order valence-corrected chi connectivity index (χ0v) is 13.8. The van der Waals surface area contributed by atoms with Crippen LogP contribution in [0.4, 0.5) is 8.78 Å². The normalized spacial score (nSPS) is 18.5. The standard InChI is InChI=1S/C17H20F2N2O4/c1-10(22)20-15(13-5-4-12(18)7-14(13)19)8-16(23)21-6-2-3-11(9-21)17(24)25/h4-5,7,11,15H,2-3,6,8-9H2,1H3,(H,20,22)(H,24,25)/t11-,15-/m1/s1. The number of carbonyl (C=O) groups excluding carboxylic acids is 2. The van der Waals surface area contributed by atoms with Crippen LogP contribution >= 0.6 is 0 Å². The van der Waals surface area contributed by atoms with E-state index >= 15 is 0 Å². The lowest BCUT2D eigenvalue weighted by atomic mass is 9.96. The lowest BCUT2D eigenvalue weighted by Gasteiger charge is -2.32. The summed E-state index contributed by atoms with van der Waals surface area (Å²) < 4.78 is 27.1.